The summed E-state index contributed by atoms with van der Waals surface area (Å²) in [5.41, 5.74) is 0. The maximum absolute atomic E-state index is 9.01. The lowest BCUT2D eigenvalue weighted by Crippen LogP contribution is -2.28. The van der Waals surface area contributed by atoms with Crippen molar-refractivity contribution < 1.29 is 9.84 Å². The van der Waals surface area contributed by atoms with Gasteiger partial charge in [0.1, 0.15) is 18.1 Å². The van der Waals surface area contributed by atoms with Crippen molar-refractivity contribution in [1.29, 1.82) is 0 Å². The van der Waals surface area contributed by atoms with Crippen molar-refractivity contribution in [3.05, 3.63) is 24.3 Å². The largest absolute Gasteiger partial charge is 0.508 e. The minimum Gasteiger partial charge on any atom is -0.508 e. The molecular formula is C10H15NO2. The normalized spacial score (nSPS) is 12.5. The summed E-state index contributed by atoms with van der Waals surface area (Å²) in [6, 6.07) is 7.04. The van der Waals surface area contributed by atoms with E-state index in [9.17, 15) is 0 Å². The standard InChI is InChI=1S/C10H15NO2/c1-8(11-2)7-13-10-5-3-9(12)4-6-10/h3-6,8,11-12H,7H2,1-2H3/t8-/m1/s1. The number of likely N-dealkylation sites (N-methyl/N-ethyl adjacent to an activating group) is 1. The third-order valence-electron chi connectivity index (χ3n) is 1.83. The van der Waals surface area contributed by atoms with Gasteiger partial charge in [-0.3, -0.25) is 0 Å². The molecule has 0 heterocycles. The average molecular weight is 181 g/mol. The highest BCUT2D eigenvalue weighted by Gasteiger charge is 1.98. The predicted molar refractivity (Wildman–Crippen MR) is 52.1 cm³/mol. The summed E-state index contributed by atoms with van der Waals surface area (Å²) < 4.78 is 5.44. The summed E-state index contributed by atoms with van der Waals surface area (Å²) in [6.07, 6.45) is 0. The molecule has 1 aromatic carbocycles. The van der Waals surface area contributed by atoms with E-state index in [0.717, 1.165) is 5.75 Å². The molecule has 0 saturated heterocycles. The van der Waals surface area contributed by atoms with E-state index >= 15 is 0 Å². The van der Waals surface area contributed by atoms with Crippen molar-refractivity contribution in [2.24, 2.45) is 0 Å². The second-order valence-corrected chi connectivity index (χ2v) is 2.99. The molecule has 72 valence electrons. The Morgan fingerprint density at radius 3 is 2.54 bits per heavy atom. The summed E-state index contributed by atoms with van der Waals surface area (Å²) in [7, 11) is 1.89. The van der Waals surface area contributed by atoms with Crippen LogP contribution in [0.1, 0.15) is 6.92 Å². The smallest absolute Gasteiger partial charge is 0.119 e. The Hall–Kier alpha value is -1.22. The number of hydrogen-bond acceptors (Lipinski definition) is 3. The number of hydrogen-bond donors (Lipinski definition) is 2. The van der Waals surface area contributed by atoms with Crippen LogP contribution in [0.15, 0.2) is 24.3 Å². The predicted octanol–water partition coefficient (Wildman–Crippen LogP) is 1.38. The van der Waals surface area contributed by atoms with E-state index < -0.39 is 0 Å². The third-order valence-corrected chi connectivity index (χ3v) is 1.83. The van der Waals surface area contributed by atoms with E-state index in [-0.39, 0.29) is 5.75 Å². The summed E-state index contributed by atoms with van der Waals surface area (Å²) in [5, 5.41) is 12.1. The van der Waals surface area contributed by atoms with Crippen molar-refractivity contribution in [2.45, 2.75) is 13.0 Å². The summed E-state index contributed by atoms with van der Waals surface area (Å²) >= 11 is 0. The molecule has 0 unspecified atom stereocenters. The monoisotopic (exact) mass is 181 g/mol. The Morgan fingerprint density at radius 1 is 1.38 bits per heavy atom. The zero-order valence-corrected chi connectivity index (χ0v) is 7.95. The number of phenolic OH excluding ortho intramolecular Hbond substituents is 1. The molecule has 0 fully saturated rings. The minimum absolute atomic E-state index is 0.258. The molecule has 1 aromatic rings. The molecule has 0 aliphatic rings. The van der Waals surface area contributed by atoms with Crippen LogP contribution in [0.25, 0.3) is 0 Å². The fraction of sp³-hybridized carbons (Fsp3) is 0.400. The number of rotatable bonds is 4. The van der Waals surface area contributed by atoms with Gasteiger partial charge < -0.3 is 15.2 Å². The van der Waals surface area contributed by atoms with Gasteiger partial charge >= 0.3 is 0 Å². The molecule has 3 heteroatoms. The molecule has 0 spiro atoms. The van der Waals surface area contributed by atoms with Gasteiger partial charge in [0.05, 0.1) is 0 Å². The lowest BCUT2D eigenvalue weighted by molar-refractivity contribution is 0.279. The van der Waals surface area contributed by atoms with Crippen LogP contribution in [0, 0.1) is 0 Å². The quantitative estimate of drug-likeness (QED) is 0.737. The molecule has 0 aromatic heterocycles. The van der Waals surface area contributed by atoms with Gasteiger partial charge in [-0.2, -0.15) is 0 Å². The average Bonchev–Trinajstić information content (AvgIpc) is 2.16. The number of nitrogens with one attached hydrogen (secondary N) is 1. The fourth-order valence-corrected chi connectivity index (χ4v) is 0.847. The lowest BCUT2D eigenvalue weighted by Gasteiger charge is -2.11. The van der Waals surface area contributed by atoms with Gasteiger partial charge in [-0.05, 0) is 38.2 Å². The Balaban J connectivity index is 2.41. The van der Waals surface area contributed by atoms with E-state index in [4.69, 9.17) is 9.84 Å². The molecule has 1 atom stereocenters. The molecule has 0 saturated carbocycles. The zero-order chi connectivity index (χ0) is 9.68. The van der Waals surface area contributed by atoms with Gasteiger partial charge in [-0.1, -0.05) is 0 Å². The molecule has 0 radical (unpaired) electrons. The van der Waals surface area contributed by atoms with Gasteiger partial charge in [0.15, 0.2) is 0 Å². The molecule has 2 N–H and O–H groups in total. The van der Waals surface area contributed by atoms with E-state index in [1.54, 1.807) is 24.3 Å². The van der Waals surface area contributed by atoms with Crippen LogP contribution in [0.2, 0.25) is 0 Å². The minimum atomic E-state index is 0.258. The lowest BCUT2D eigenvalue weighted by atomic mass is 10.3. The van der Waals surface area contributed by atoms with Crippen LogP contribution in [-0.2, 0) is 0 Å². The Morgan fingerprint density at radius 2 is 2.00 bits per heavy atom. The number of benzene rings is 1. The van der Waals surface area contributed by atoms with Crippen molar-refractivity contribution in [2.75, 3.05) is 13.7 Å². The van der Waals surface area contributed by atoms with Crippen LogP contribution in [-0.4, -0.2) is 24.8 Å². The summed E-state index contributed by atoms with van der Waals surface area (Å²) in [6.45, 7) is 2.67. The summed E-state index contributed by atoms with van der Waals surface area (Å²) in [5.74, 6) is 1.04. The molecule has 1 rings (SSSR count). The highest BCUT2D eigenvalue weighted by Crippen LogP contribution is 2.15. The molecule has 3 nitrogen and oxygen atoms in total. The third kappa shape index (κ3) is 3.34. The van der Waals surface area contributed by atoms with Crippen molar-refractivity contribution >= 4 is 0 Å². The van der Waals surface area contributed by atoms with Gasteiger partial charge in [0.25, 0.3) is 0 Å². The maximum Gasteiger partial charge on any atom is 0.119 e. The van der Waals surface area contributed by atoms with E-state index in [2.05, 4.69) is 5.32 Å². The first-order chi connectivity index (χ1) is 6.22. The molecule has 13 heavy (non-hydrogen) atoms. The van der Waals surface area contributed by atoms with Crippen LogP contribution in [0.4, 0.5) is 0 Å². The Bertz CT molecular complexity index is 246. The highest BCUT2D eigenvalue weighted by atomic mass is 16.5. The van der Waals surface area contributed by atoms with Gasteiger partial charge in [0, 0.05) is 6.04 Å². The van der Waals surface area contributed by atoms with Crippen molar-refractivity contribution in [3.63, 3.8) is 0 Å². The van der Waals surface area contributed by atoms with Crippen LogP contribution < -0.4 is 10.1 Å². The van der Waals surface area contributed by atoms with Crippen molar-refractivity contribution in [1.82, 2.24) is 5.32 Å². The van der Waals surface area contributed by atoms with E-state index in [1.807, 2.05) is 14.0 Å². The molecule has 0 amide bonds. The first-order valence-corrected chi connectivity index (χ1v) is 4.31. The Kier molecular flexibility index (Phi) is 3.58. The van der Waals surface area contributed by atoms with Gasteiger partial charge in [-0.25, -0.2) is 0 Å². The van der Waals surface area contributed by atoms with Crippen LogP contribution in [0.5, 0.6) is 11.5 Å². The molecule has 0 bridgehead atoms. The second-order valence-electron chi connectivity index (χ2n) is 2.99. The van der Waals surface area contributed by atoms with E-state index in [1.165, 1.54) is 0 Å². The number of ether oxygens (including phenoxy) is 1. The highest BCUT2D eigenvalue weighted by molar-refractivity contribution is 5.30. The number of aromatic hydroxyl groups is 1. The fourth-order valence-electron chi connectivity index (χ4n) is 0.847. The van der Waals surface area contributed by atoms with Crippen LogP contribution in [0.3, 0.4) is 0 Å². The maximum atomic E-state index is 9.01. The van der Waals surface area contributed by atoms with Gasteiger partial charge in [-0.15, -0.1) is 0 Å². The molecular weight excluding hydrogens is 166 g/mol. The van der Waals surface area contributed by atoms with Crippen molar-refractivity contribution in [3.8, 4) is 11.5 Å². The molecule has 0 aliphatic carbocycles. The first-order valence-electron chi connectivity index (χ1n) is 4.31. The summed E-state index contributed by atoms with van der Waals surface area (Å²) in [4.78, 5) is 0. The Labute approximate surface area is 78.3 Å². The van der Waals surface area contributed by atoms with Crippen LogP contribution >= 0.6 is 0 Å². The topological polar surface area (TPSA) is 41.5 Å². The number of phenols is 1. The second kappa shape index (κ2) is 4.72. The van der Waals surface area contributed by atoms with Gasteiger partial charge in [0.2, 0.25) is 0 Å². The zero-order valence-electron chi connectivity index (χ0n) is 7.95. The van der Waals surface area contributed by atoms with E-state index in [0.29, 0.717) is 12.6 Å². The molecule has 0 aliphatic heterocycles. The SMILES string of the molecule is CN[C@H](C)COc1ccc(O)cc1. The first kappa shape index (κ1) is 9.86.